The molecule has 0 aromatic heterocycles. The van der Waals surface area contributed by atoms with E-state index >= 15 is 0 Å². The molecule has 0 spiro atoms. The van der Waals surface area contributed by atoms with Gasteiger partial charge in [0, 0.05) is 13.0 Å². The minimum absolute atomic E-state index is 0.248. The molecule has 2 aliphatic rings. The molecule has 1 aromatic carbocycles. The first-order valence-electron chi connectivity index (χ1n) is 7.92. The third-order valence-corrected chi connectivity index (χ3v) is 4.70. The maximum atomic E-state index is 12.6. The van der Waals surface area contributed by atoms with Gasteiger partial charge < -0.3 is 15.0 Å². The van der Waals surface area contributed by atoms with Gasteiger partial charge in [0.1, 0.15) is 5.75 Å². The number of methoxy groups -OCH3 is 1. The molecule has 21 heavy (non-hydrogen) atoms. The van der Waals surface area contributed by atoms with Crippen molar-refractivity contribution < 1.29 is 9.53 Å². The van der Waals surface area contributed by atoms with Crippen LogP contribution in [0.5, 0.6) is 5.75 Å². The number of likely N-dealkylation sites (tertiary alicyclic amines) is 1. The van der Waals surface area contributed by atoms with Crippen LogP contribution in [0.2, 0.25) is 0 Å². The maximum absolute atomic E-state index is 12.6. The molecule has 0 radical (unpaired) electrons. The second kappa shape index (κ2) is 6.48. The van der Waals surface area contributed by atoms with E-state index in [1.165, 1.54) is 5.56 Å². The van der Waals surface area contributed by atoms with Crippen molar-refractivity contribution in [3.05, 3.63) is 29.8 Å². The van der Waals surface area contributed by atoms with Gasteiger partial charge in [-0.25, -0.2) is 0 Å². The standard InChI is InChI=1S/C17H24N2O2/c1-21-15-6-4-14(5-7-15)16-3-2-10-19(16)17(20)11-13-8-9-18-12-13/h4-7,13,16,18H,2-3,8-12H2,1H3. The predicted octanol–water partition coefficient (Wildman–Crippen LogP) is 2.36. The molecule has 0 aliphatic carbocycles. The van der Waals surface area contributed by atoms with Crippen molar-refractivity contribution in [2.24, 2.45) is 5.92 Å². The molecule has 2 unspecified atom stereocenters. The van der Waals surface area contributed by atoms with Crippen LogP contribution in [0.15, 0.2) is 24.3 Å². The van der Waals surface area contributed by atoms with Crippen LogP contribution in [0.1, 0.15) is 37.3 Å². The van der Waals surface area contributed by atoms with Gasteiger partial charge in [0.15, 0.2) is 0 Å². The lowest BCUT2D eigenvalue weighted by Crippen LogP contribution is -2.32. The van der Waals surface area contributed by atoms with Gasteiger partial charge in [-0.15, -0.1) is 0 Å². The van der Waals surface area contributed by atoms with Crippen LogP contribution in [0.25, 0.3) is 0 Å². The monoisotopic (exact) mass is 288 g/mol. The molecule has 0 bridgehead atoms. The first-order valence-corrected chi connectivity index (χ1v) is 7.92. The zero-order valence-corrected chi connectivity index (χ0v) is 12.7. The molecular formula is C17H24N2O2. The first kappa shape index (κ1) is 14.4. The van der Waals surface area contributed by atoms with E-state index in [2.05, 4.69) is 22.3 Å². The van der Waals surface area contributed by atoms with E-state index in [-0.39, 0.29) is 6.04 Å². The Bertz CT molecular complexity index is 480. The lowest BCUT2D eigenvalue weighted by Gasteiger charge is -2.26. The summed E-state index contributed by atoms with van der Waals surface area (Å²) in [5, 5.41) is 3.34. The summed E-state index contributed by atoms with van der Waals surface area (Å²) in [6.07, 6.45) is 4.00. The van der Waals surface area contributed by atoms with Gasteiger partial charge in [-0.1, -0.05) is 12.1 Å². The van der Waals surface area contributed by atoms with Crippen molar-refractivity contribution in [2.45, 2.75) is 31.7 Å². The second-order valence-electron chi connectivity index (χ2n) is 6.08. The number of carbonyl (C=O) groups is 1. The predicted molar refractivity (Wildman–Crippen MR) is 82.3 cm³/mol. The molecule has 1 N–H and O–H groups in total. The second-order valence-corrected chi connectivity index (χ2v) is 6.08. The van der Waals surface area contributed by atoms with Crippen LogP contribution in [0, 0.1) is 5.92 Å². The highest BCUT2D eigenvalue weighted by molar-refractivity contribution is 5.77. The fourth-order valence-electron chi connectivity index (χ4n) is 3.49. The van der Waals surface area contributed by atoms with E-state index in [4.69, 9.17) is 4.74 Å². The Labute approximate surface area is 126 Å². The summed E-state index contributed by atoms with van der Waals surface area (Å²) < 4.78 is 5.21. The third-order valence-electron chi connectivity index (χ3n) is 4.70. The van der Waals surface area contributed by atoms with E-state index in [0.717, 1.165) is 44.6 Å². The van der Waals surface area contributed by atoms with Crippen molar-refractivity contribution in [3.63, 3.8) is 0 Å². The summed E-state index contributed by atoms with van der Waals surface area (Å²) in [7, 11) is 1.68. The number of carbonyl (C=O) groups excluding carboxylic acids is 1. The molecule has 4 nitrogen and oxygen atoms in total. The molecule has 2 aliphatic heterocycles. The van der Waals surface area contributed by atoms with Crippen LogP contribution in [-0.4, -0.2) is 37.6 Å². The smallest absolute Gasteiger partial charge is 0.223 e. The zero-order valence-electron chi connectivity index (χ0n) is 12.7. The first-order chi connectivity index (χ1) is 10.3. The summed E-state index contributed by atoms with van der Waals surface area (Å²) in [5.74, 6) is 1.71. The Morgan fingerprint density at radius 3 is 2.81 bits per heavy atom. The number of rotatable bonds is 4. The molecule has 2 atom stereocenters. The molecule has 1 aromatic rings. The average molecular weight is 288 g/mol. The number of amides is 1. The van der Waals surface area contributed by atoms with Crippen molar-refractivity contribution in [2.75, 3.05) is 26.7 Å². The molecular weight excluding hydrogens is 264 g/mol. The van der Waals surface area contributed by atoms with E-state index in [1.54, 1.807) is 7.11 Å². The number of nitrogens with one attached hydrogen (secondary N) is 1. The van der Waals surface area contributed by atoms with Crippen LogP contribution < -0.4 is 10.1 Å². The third kappa shape index (κ3) is 3.21. The lowest BCUT2D eigenvalue weighted by atomic mass is 10.0. The molecule has 2 fully saturated rings. The van der Waals surface area contributed by atoms with Crippen molar-refractivity contribution in [1.82, 2.24) is 10.2 Å². The summed E-state index contributed by atoms with van der Waals surface area (Å²) in [4.78, 5) is 14.7. The van der Waals surface area contributed by atoms with Gasteiger partial charge in [0.25, 0.3) is 0 Å². The number of hydrogen-bond donors (Lipinski definition) is 1. The Kier molecular flexibility index (Phi) is 4.44. The van der Waals surface area contributed by atoms with Gasteiger partial charge in [-0.05, 0) is 56.0 Å². The van der Waals surface area contributed by atoms with Crippen molar-refractivity contribution in [3.8, 4) is 5.75 Å². The van der Waals surface area contributed by atoms with E-state index < -0.39 is 0 Å². The minimum Gasteiger partial charge on any atom is -0.497 e. The van der Waals surface area contributed by atoms with Crippen molar-refractivity contribution >= 4 is 5.91 Å². The summed E-state index contributed by atoms with van der Waals surface area (Å²) in [6.45, 7) is 2.95. The van der Waals surface area contributed by atoms with Crippen molar-refractivity contribution in [1.29, 1.82) is 0 Å². The van der Waals surface area contributed by atoms with Crippen LogP contribution >= 0.6 is 0 Å². The van der Waals surface area contributed by atoms with Gasteiger partial charge >= 0.3 is 0 Å². The van der Waals surface area contributed by atoms with Gasteiger partial charge in [-0.3, -0.25) is 4.79 Å². The van der Waals surface area contributed by atoms with Gasteiger partial charge in [-0.2, -0.15) is 0 Å². The lowest BCUT2D eigenvalue weighted by molar-refractivity contribution is -0.133. The summed E-state index contributed by atoms with van der Waals surface area (Å²) >= 11 is 0. The van der Waals surface area contributed by atoms with Crippen LogP contribution in [-0.2, 0) is 4.79 Å². The van der Waals surface area contributed by atoms with E-state index in [0.29, 0.717) is 18.2 Å². The molecule has 2 saturated heterocycles. The number of benzene rings is 1. The zero-order chi connectivity index (χ0) is 14.7. The molecule has 4 heteroatoms. The van der Waals surface area contributed by atoms with Crippen LogP contribution in [0.4, 0.5) is 0 Å². The Morgan fingerprint density at radius 1 is 1.33 bits per heavy atom. The molecule has 0 saturated carbocycles. The SMILES string of the molecule is COc1ccc(C2CCCN2C(=O)CC2CCNC2)cc1. The molecule has 2 heterocycles. The quantitative estimate of drug-likeness (QED) is 0.925. The highest BCUT2D eigenvalue weighted by Gasteiger charge is 2.31. The highest BCUT2D eigenvalue weighted by Crippen LogP contribution is 2.33. The van der Waals surface area contributed by atoms with Crippen LogP contribution in [0.3, 0.4) is 0 Å². The molecule has 114 valence electrons. The molecule has 1 amide bonds. The fourth-order valence-corrected chi connectivity index (χ4v) is 3.49. The Morgan fingerprint density at radius 2 is 2.14 bits per heavy atom. The summed E-state index contributed by atoms with van der Waals surface area (Å²) in [5.41, 5.74) is 1.23. The normalized spacial score (nSPS) is 25.3. The number of hydrogen-bond acceptors (Lipinski definition) is 3. The Hall–Kier alpha value is -1.55. The molecule has 3 rings (SSSR count). The maximum Gasteiger partial charge on any atom is 0.223 e. The van der Waals surface area contributed by atoms with Gasteiger partial charge in [0.05, 0.1) is 13.2 Å². The average Bonchev–Trinajstić information content (AvgIpc) is 3.18. The highest BCUT2D eigenvalue weighted by atomic mass is 16.5. The largest absolute Gasteiger partial charge is 0.497 e. The minimum atomic E-state index is 0.248. The van der Waals surface area contributed by atoms with E-state index in [9.17, 15) is 4.79 Å². The number of nitrogens with zero attached hydrogens (tertiary/aromatic N) is 1. The van der Waals surface area contributed by atoms with Gasteiger partial charge in [0.2, 0.25) is 5.91 Å². The topological polar surface area (TPSA) is 41.6 Å². The van der Waals surface area contributed by atoms with E-state index in [1.807, 2.05) is 12.1 Å². The number of ether oxygens (including phenoxy) is 1. The Balaban J connectivity index is 1.67. The summed E-state index contributed by atoms with van der Waals surface area (Å²) in [6, 6.07) is 8.39. The fraction of sp³-hybridized carbons (Fsp3) is 0.588.